The minimum absolute atomic E-state index is 0.0752. The summed E-state index contributed by atoms with van der Waals surface area (Å²) >= 11 is 3.18. The summed E-state index contributed by atoms with van der Waals surface area (Å²) in [5.41, 5.74) is 1.44. The minimum atomic E-state index is -0.274. The number of furan rings is 1. The highest BCUT2D eigenvalue weighted by molar-refractivity contribution is 9.10. The maximum absolute atomic E-state index is 12.4. The minimum Gasteiger partial charge on any atom is -0.464 e. The van der Waals surface area contributed by atoms with Crippen LogP contribution in [0.15, 0.2) is 50.5 Å². The molecule has 5 nitrogen and oxygen atoms in total. The van der Waals surface area contributed by atoms with Gasteiger partial charge in [-0.1, -0.05) is 18.2 Å². The summed E-state index contributed by atoms with van der Waals surface area (Å²) in [6.07, 6.45) is 2.80. The SMILES string of the molecule is Cc1ncn(CC(=O)c2coc3ccccc23)c(=O)c1Br. The van der Waals surface area contributed by atoms with E-state index in [1.807, 2.05) is 18.2 Å². The van der Waals surface area contributed by atoms with E-state index < -0.39 is 0 Å². The van der Waals surface area contributed by atoms with Crippen LogP contribution in [0.5, 0.6) is 0 Å². The van der Waals surface area contributed by atoms with Gasteiger partial charge in [0.2, 0.25) is 0 Å². The van der Waals surface area contributed by atoms with Crippen LogP contribution in [0.25, 0.3) is 11.0 Å². The first kappa shape index (κ1) is 13.8. The Labute approximate surface area is 128 Å². The molecule has 0 fully saturated rings. The van der Waals surface area contributed by atoms with Crippen molar-refractivity contribution < 1.29 is 9.21 Å². The zero-order valence-electron chi connectivity index (χ0n) is 11.2. The third kappa shape index (κ3) is 2.42. The summed E-state index contributed by atoms with van der Waals surface area (Å²) < 4.78 is 7.00. The van der Waals surface area contributed by atoms with Crippen molar-refractivity contribution in [2.75, 3.05) is 0 Å². The summed E-state index contributed by atoms with van der Waals surface area (Å²) in [5.74, 6) is -0.195. The van der Waals surface area contributed by atoms with Crippen LogP contribution >= 0.6 is 15.9 Å². The number of rotatable bonds is 3. The number of para-hydroxylation sites is 1. The molecule has 1 aromatic carbocycles. The molecule has 0 radical (unpaired) electrons. The average molecular weight is 347 g/mol. The van der Waals surface area contributed by atoms with Crippen molar-refractivity contribution >= 4 is 32.7 Å². The van der Waals surface area contributed by atoms with Crippen LogP contribution in [0.3, 0.4) is 0 Å². The maximum atomic E-state index is 12.4. The van der Waals surface area contributed by atoms with E-state index in [9.17, 15) is 9.59 Å². The molecule has 0 N–H and O–H groups in total. The molecule has 0 saturated carbocycles. The Kier molecular flexibility index (Phi) is 3.47. The van der Waals surface area contributed by atoms with Gasteiger partial charge >= 0.3 is 0 Å². The summed E-state index contributed by atoms with van der Waals surface area (Å²) in [6, 6.07) is 7.29. The number of ketones is 1. The van der Waals surface area contributed by atoms with Gasteiger partial charge in [-0.2, -0.15) is 0 Å². The topological polar surface area (TPSA) is 65.1 Å². The van der Waals surface area contributed by atoms with Gasteiger partial charge in [0.15, 0.2) is 5.78 Å². The lowest BCUT2D eigenvalue weighted by Crippen LogP contribution is -2.25. The molecule has 0 saturated heterocycles. The van der Waals surface area contributed by atoms with Gasteiger partial charge in [0.1, 0.15) is 16.3 Å². The average Bonchev–Trinajstić information content (AvgIpc) is 2.92. The Bertz CT molecular complexity index is 895. The molecule has 21 heavy (non-hydrogen) atoms. The number of benzene rings is 1. The fourth-order valence-corrected chi connectivity index (χ4v) is 2.42. The normalized spacial score (nSPS) is 11.0. The van der Waals surface area contributed by atoms with Crippen molar-refractivity contribution in [2.24, 2.45) is 0 Å². The Morgan fingerprint density at radius 2 is 2.14 bits per heavy atom. The lowest BCUT2D eigenvalue weighted by atomic mass is 10.1. The van der Waals surface area contributed by atoms with Crippen LogP contribution in [-0.2, 0) is 6.54 Å². The quantitative estimate of drug-likeness (QED) is 0.684. The molecule has 3 aromatic rings. The molecule has 0 amide bonds. The van der Waals surface area contributed by atoms with E-state index in [2.05, 4.69) is 20.9 Å². The monoisotopic (exact) mass is 346 g/mol. The Morgan fingerprint density at radius 3 is 2.95 bits per heavy atom. The Morgan fingerprint density at radius 1 is 1.38 bits per heavy atom. The molecule has 0 aliphatic rings. The van der Waals surface area contributed by atoms with E-state index in [0.29, 0.717) is 21.3 Å². The molecule has 0 aliphatic carbocycles. The van der Waals surface area contributed by atoms with Crippen molar-refractivity contribution in [3.8, 4) is 0 Å². The second-order valence-electron chi connectivity index (χ2n) is 4.65. The number of aryl methyl sites for hydroxylation is 1. The third-order valence-electron chi connectivity index (χ3n) is 3.25. The highest BCUT2D eigenvalue weighted by atomic mass is 79.9. The Balaban J connectivity index is 1.97. The zero-order valence-corrected chi connectivity index (χ0v) is 12.8. The number of hydrogen-bond donors (Lipinski definition) is 0. The largest absolute Gasteiger partial charge is 0.464 e. The van der Waals surface area contributed by atoms with Crippen LogP contribution in [0.4, 0.5) is 0 Å². The van der Waals surface area contributed by atoms with E-state index >= 15 is 0 Å². The van der Waals surface area contributed by atoms with Crippen molar-refractivity contribution in [1.29, 1.82) is 0 Å². The van der Waals surface area contributed by atoms with Crippen molar-refractivity contribution in [2.45, 2.75) is 13.5 Å². The maximum Gasteiger partial charge on any atom is 0.268 e. The van der Waals surface area contributed by atoms with Gasteiger partial charge in [0.05, 0.1) is 24.1 Å². The van der Waals surface area contributed by atoms with E-state index in [1.54, 1.807) is 13.0 Å². The van der Waals surface area contributed by atoms with Gasteiger partial charge in [0, 0.05) is 5.39 Å². The van der Waals surface area contributed by atoms with Crippen LogP contribution in [0.1, 0.15) is 16.1 Å². The molecular weight excluding hydrogens is 336 g/mol. The van der Waals surface area contributed by atoms with Crippen LogP contribution in [-0.4, -0.2) is 15.3 Å². The molecular formula is C15H11BrN2O3. The molecule has 0 unspecified atom stereocenters. The van der Waals surface area contributed by atoms with Gasteiger partial charge in [-0.25, -0.2) is 4.98 Å². The van der Waals surface area contributed by atoms with Gasteiger partial charge in [-0.15, -0.1) is 0 Å². The lowest BCUT2D eigenvalue weighted by molar-refractivity contribution is 0.0971. The smallest absolute Gasteiger partial charge is 0.268 e. The summed E-state index contributed by atoms with van der Waals surface area (Å²) in [5, 5.41) is 0.745. The number of carbonyl (C=O) groups is 1. The number of carbonyl (C=O) groups excluding carboxylic acids is 1. The van der Waals surface area contributed by atoms with Gasteiger partial charge in [0.25, 0.3) is 5.56 Å². The second-order valence-corrected chi connectivity index (χ2v) is 5.44. The number of nitrogens with zero attached hydrogens (tertiary/aromatic N) is 2. The fraction of sp³-hybridized carbons (Fsp3) is 0.133. The molecule has 0 spiro atoms. The highest BCUT2D eigenvalue weighted by Gasteiger charge is 2.15. The first-order chi connectivity index (χ1) is 10.1. The van der Waals surface area contributed by atoms with Crippen LogP contribution in [0.2, 0.25) is 0 Å². The molecule has 3 rings (SSSR count). The van der Waals surface area contributed by atoms with Gasteiger partial charge in [-0.3, -0.25) is 14.2 Å². The van der Waals surface area contributed by atoms with E-state index in [-0.39, 0.29) is 17.9 Å². The number of aromatic nitrogens is 2. The second kappa shape index (κ2) is 5.29. The van der Waals surface area contributed by atoms with Crippen LogP contribution < -0.4 is 5.56 Å². The summed E-state index contributed by atoms with van der Waals surface area (Å²) in [4.78, 5) is 28.5. The first-order valence-corrected chi connectivity index (χ1v) is 7.08. The number of halogens is 1. The van der Waals surface area contributed by atoms with Gasteiger partial charge in [-0.05, 0) is 28.9 Å². The predicted octanol–water partition coefficient (Wildman–Crippen LogP) is 2.94. The highest BCUT2D eigenvalue weighted by Crippen LogP contribution is 2.21. The van der Waals surface area contributed by atoms with E-state index in [1.165, 1.54) is 17.2 Å². The molecule has 6 heteroatoms. The number of hydrogen-bond acceptors (Lipinski definition) is 4. The van der Waals surface area contributed by atoms with Crippen molar-refractivity contribution in [3.05, 3.63) is 62.9 Å². The van der Waals surface area contributed by atoms with Crippen molar-refractivity contribution in [3.63, 3.8) is 0 Å². The summed E-state index contributed by atoms with van der Waals surface area (Å²) in [7, 11) is 0. The predicted molar refractivity (Wildman–Crippen MR) is 81.5 cm³/mol. The third-order valence-corrected chi connectivity index (χ3v) is 4.17. The fourth-order valence-electron chi connectivity index (χ4n) is 2.09. The van der Waals surface area contributed by atoms with Gasteiger partial charge < -0.3 is 4.42 Å². The molecule has 0 aliphatic heterocycles. The molecule has 0 bridgehead atoms. The molecule has 2 aromatic heterocycles. The summed E-state index contributed by atoms with van der Waals surface area (Å²) in [6.45, 7) is 1.65. The van der Waals surface area contributed by atoms with Crippen molar-refractivity contribution in [1.82, 2.24) is 9.55 Å². The Hall–Kier alpha value is -2.21. The first-order valence-electron chi connectivity index (χ1n) is 6.29. The zero-order chi connectivity index (χ0) is 15.0. The number of Topliss-reactive ketones (excluding diaryl/α,β-unsaturated/α-hetero) is 1. The standard InChI is InChI=1S/C15H11BrN2O3/c1-9-14(16)15(20)18(8-17-9)6-12(19)11-7-21-13-5-3-2-4-10(11)13/h2-5,7-8H,6H2,1H3. The van der Waals surface area contributed by atoms with E-state index in [0.717, 1.165) is 5.39 Å². The lowest BCUT2D eigenvalue weighted by Gasteiger charge is -2.05. The molecule has 0 atom stereocenters. The van der Waals surface area contributed by atoms with E-state index in [4.69, 9.17) is 4.42 Å². The number of fused-ring (bicyclic) bond motifs is 1. The van der Waals surface area contributed by atoms with Crippen LogP contribution in [0, 0.1) is 6.92 Å². The molecule has 106 valence electrons. The molecule has 2 heterocycles.